The van der Waals surface area contributed by atoms with Gasteiger partial charge in [-0.3, -0.25) is 5.09 Å². The van der Waals surface area contributed by atoms with Gasteiger partial charge in [-0.2, -0.15) is 0 Å². The zero-order valence-corrected chi connectivity index (χ0v) is 14.5. The smallest absolute Gasteiger partial charge is 0.176 e. The van der Waals surface area contributed by atoms with Crippen LogP contribution in [0.3, 0.4) is 0 Å². The molecule has 0 saturated heterocycles. The number of nitrogens with one attached hydrogen (secondary N) is 1. The van der Waals surface area contributed by atoms with Crippen LogP contribution in [0.25, 0.3) is 0 Å². The van der Waals surface area contributed by atoms with Crippen molar-refractivity contribution in [3.05, 3.63) is 66.2 Å². The van der Waals surface area contributed by atoms with E-state index in [1.807, 2.05) is 48.5 Å². The van der Waals surface area contributed by atoms with Crippen LogP contribution in [0.2, 0.25) is 0 Å². The summed E-state index contributed by atoms with van der Waals surface area (Å²) in [5.74, 6) is 0. The summed E-state index contributed by atoms with van der Waals surface area (Å²) in [5, 5.41) is 5.21. The summed E-state index contributed by atoms with van der Waals surface area (Å²) >= 11 is 3.44. The third kappa shape index (κ3) is 5.10. The standard InChI is InChI=1S/C17H21BrNOP/c18-13-7-8-14-21(20,17-11-5-2-6-12-17)19-15-16-9-3-1-4-10-16/h1-6,9-12H,7-8,13-15H2,(H,19,20)/t21-/m1/s1. The molecule has 112 valence electrons. The molecule has 0 aromatic heterocycles. The molecule has 4 heteroatoms. The molecule has 2 rings (SSSR count). The summed E-state index contributed by atoms with van der Waals surface area (Å²) < 4.78 is 13.3. The highest BCUT2D eigenvalue weighted by Crippen LogP contribution is 2.41. The second-order valence-electron chi connectivity index (χ2n) is 5.02. The van der Waals surface area contributed by atoms with Gasteiger partial charge in [0.15, 0.2) is 7.29 Å². The van der Waals surface area contributed by atoms with Crippen LogP contribution in [0.15, 0.2) is 60.7 Å². The van der Waals surface area contributed by atoms with E-state index in [-0.39, 0.29) is 0 Å². The summed E-state index contributed by atoms with van der Waals surface area (Å²) in [6, 6.07) is 19.9. The lowest BCUT2D eigenvalue weighted by Crippen LogP contribution is -2.21. The zero-order valence-electron chi connectivity index (χ0n) is 12.0. The minimum atomic E-state index is -2.54. The maximum atomic E-state index is 13.3. The van der Waals surface area contributed by atoms with E-state index in [0.29, 0.717) is 12.7 Å². The van der Waals surface area contributed by atoms with E-state index in [1.165, 1.54) is 0 Å². The van der Waals surface area contributed by atoms with Crippen molar-refractivity contribution in [2.75, 3.05) is 11.5 Å². The molecule has 0 amide bonds. The fraction of sp³-hybridized carbons (Fsp3) is 0.294. The number of hydrogen-bond acceptors (Lipinski definition) is 1. The third-order valence-corrected chi connectivity index (χ3v) is 6.72. The van der Waals surface area contributed by atoms with Gasteiger partial charge in [0.2, 0.25) is 0 Å². The highest BCUT2D eigenvalue weighted by Gasteiger charge is 2.23. The van der Waals surface area contributed by atoms with Crippen LogP contribution in [0.5, 0.6) is 0 Å². The molecule has 0 aliphatic rings. The molecule has 0 fully saturated rings. The SMILES string of the molecule is O=[P@@](CCCCBr)(NCc1ccccc1)c1ccccc1. The Labute approximate surface area is 135 Å². The van der Waals surface area contributed by atoms with Crippen molar-refractivity contribution >= 4 is 28.5 Å². The molecule has 0 unspecified atom stereocenters. The van der Waals surface area contributed by atoms with Gasteiger partial charge in [-0.1, -0.05) is 76.6 Å². The van der Waals surface area contributed by atoms with E-state index in [2.05, 4.69) is 33.1 Å². The zero-order chi connectivity index (χ0) is 15.0. The average molecular weight is 366 g/mol. The maximum absolute atomic E-state index is 13.3. The molecule has 1 atom stereocenters. The van der Waals surface area contributed by atoms with E-state index in [0.717, 1.165) is 29.0 Å². The van der Waals surface area contributed by atoms with Crippen molar-refractivity contribution in [3.63, 3.8) is 0 Å². The van der Waals surface area contributed by atoms with Gasteiger partial charge in [0, 0.05) is 23.3 Å². The number of rotatable bonds is 8. The van der Waals surface area contributed by atoms with Crippen molar-refractivity contribution in [2.45, 2.75) is 19.4 Å². The molecule has 0 bridgehead atoms. The fourth-order valence-electron chi connectivity index (χ4n) is 2.21. The van der Waals surface area contributed by atoms with Gasteiger partial charge in [0.1, 0.15) is 0 Å². The normalized spacial score (nSPS) is 13.8. The molecule has 0 aliphatic carbocycles. The molecule has 21 heavy (non-hydrogen) atoms. The van der Waals surface area contributed by atoms with Crippen LogP contribution >= 0.6 is 23.2 Å². The molecule has 2 aromatic rings. The van der Waals surface area contributed by atoms with Crippen molar-refractivity contribution in [2.24, 2.45) is 0 Å². The van der Waals surface area contributed by atoms with Gasteiger partial charge in [0.25, 0.3) is 0 Å². The Hall–Kier alpha value is -0.890. The van der Waals surface area contributed by atoms with Gasteiger partial charge in [-0.25, -0.2) is 0 Å². The predicted octanol–water partition coefficient (Wildman–Crippen LogP) is 4.55. The summed E-state index contributed by atoms with van der Waals surface area (Å²) in [5.41, 5.74) is 1.16. The molecular weight excluding hydrogens is 345 g/mol. The Bertz CT molecular complexity index is 574. The minimum absolute atomic E-state index is 0.640. The molecule has 0 radical (unpaired) electrons. The number of alkyl halides is 1. The average Bonchev–Trinajstić information content (AvgIpc) is 2.55. The molecule has 0 spiro atoms. The van der Waals surface area contributed by atoms with Gasteiger partial charge in [0.05, 0.1) is 0 Å². The number of hydrogen-bond donors (Lipinski definition) is 1. The lowest BCUT2D eigenvalue weighted by Gasteiger charge is -2.20. The van der Waals surface area contributed by atoms with Crippen LogP contribution in [0, 0.1) is 0 Å². The lowest BCUT2D eigenvalue weighted by molar-refractivity contribution is 0.569. The van der Waals surface area contributed by atoms with Gasteiger partial charge >= 0.3 is 0 Å². The van der Waals surface area contributed by atoms with Crippen LogP contribution < -0.4 is 10.4 Å². The van der Waals surface area contributed by atoms with Crippen LogP contribution in [0.4, 0.5) is 0 Å². The number of halogens is 1. The van der Waals surface area contributed by atoms with Crippen molar-refractivity contribution in [1.82, 2.24) is 5.09 Å². The monoisotopic (exact) mass is 365 g/mol. The Morgan fingerprint density at radius 3 is 2.14 bits per heavy atom. The van der Waals surface area contributed by atoms with E-state index >= 15 is 0 Å². The van der Waals surface area contributed by atoms with Crippen LogP contribution in [0.1, 0.15) is 18.4 Å². The highest BCUT2D eigenvalue weighted by atomic mass is 79.9. The Balaban J connectivity index is 2.10. The van der Waals surface area contributed by atoms with E-state index in [9.17, 15) is 4.57 Å². The summed E-state index contributed by atoms with van der Waals surface area (Å²) in [7, 11) is -2.54. The minimum Gasteiger partial charge on any atom is -0.302 e. The van der Waals surface area contributed by atoms with Gasteiger partial charge in [-0.15, -0.1) is 0 Å². The quantitative estimate of drug-likeness (QED) is 0.422. The third-order valence-electron chi connectivity index (χ3n) is 3.41. The first-order valence-electron chi connectivity index (χ1n) is 7.24. The molecule has 0 heterocycles. The van der Waals surface area contributed by atoms with E-state index in [4.69, 9.17) is 0 Å². The second-order valence-corrected chi connectivity index (χ2v) is 8.57. The molecule has 2 aromatic carbocycles. The summed E-state index contributed by atoms with van der Waals surface area (Å²) in [4.78, 5) is 0. The Morgan fingerprint density at radius 1 is 0.905 bits per heavy atom. The van der Waals surface area contributed by atoms with E-state index < -0.39 is 7.29 Å². The highest BCUT2D eigenvalue weighted by molar-refractivity contribution is 9.09. The summed E-state index contributed by atoms with van der Waals surface area (Å²) in [6.07, 6.45) is 2.71. The first-order valence-corrected chi connectivity index (χ1v) is 10.3. The maximum Gasteiger partial charge on any atom is 0.176 e. The Morgan fingerprint density at radius 2 is 1.52 bits per heavy atom. The van der Waals surface area contributed by atoms with Gasteiger partial charge in [-0.05, 0) is 18.4 Å². The largest absolute Gasteiger partial charge is 0.302 e. The Kier molecular flexibility index (Phi) is 6.69. The first kappa shape index (κ1) is 16.5. The first-order chi connectivity index (χ1) is 10.2. The molecule has 0 saturated carbocycles. The lowest BCUT2D eigenvalue weighted by atomic mass is 10.2. The molecule has 0 aliphatic heterocycles. The number of unbranched alkanes of at least 4 members (excludes halogenated alkanes) is 1. The van der Waals surface area contributed by atoms with Crippen LogP contribution in [-0.4, -0.2) is 11.5 Å². The fourth-order valence-corrected chi connectivity index (χ4v) is 4.97. The van der Waals surface area contributed by atoms with Crippen molar-refractivity contribution in [3.8, 4) is 0 Å². The molecular formula is C17H21BrNOP. The predicted molar refractivity (Wildman–Crippen MR) is 94.9 cm³/mol. The topological polar surface area (TPSA) is 29.1 Å². The molecule has 2 nitrogen and oxygen atoms in total. The summed E-state index contributed by atoms with van der Waals surface area (Å²) in [6.45, 7) is 0.640. The number of benzene rings is 2. The van der Waals surface area contributed by atoms with Gasteiger partial charge < -0.3 is 4.57 Å². The molecule has 1 N–H and O–H groups in total. The second kappa shape index (κ2) is 8.53. The van der Waals surface area contributed by atoms with Crippen molar-refractivity contribution in [1.29, 1.82) is 0 Å². The van der Waals surface area contributed by atoms with Crippen molar-refractivity contribution < 1.29 is 4.57 Å². The van der Waals surface area contributed by atoms with E-state index in [1.54, 1.807) is 0 Å². The van der Waals surface area contributed by atoms with Crippen LogP contribution in [-0.2, 0) is 11.1 Å².